The third kappa shape index (κ3) is 1.83. The lowest BCUT2D eigenvalue weighted by molar-refractivity contribution is 0.378. The Bertz CT molecular complexity index is 758. The largest absolute Gasteiger partial charge is 0.369 e. The molecular formula is C16H20N4. The van der Waals surface area contributed by atoms with Gasteiger partial charge in [0.05, 0.1) is 17.2 Å². The Hall–Kier alpha value is -2.10. The molecule has 2 aromatic heterocycles. The second kappa shape index (κ2) is 4.78. The Morgan fingerprint density at radius 1 is 1.20 bits per heavy atom. The molecule has 0 aliphatic rings. The van der Waals surface area contributed by atoms with Gasteiger partial charge in [-0.05, 0) is 18.4 Å². The molecule has 1 unspecified atom stereocenters. The fourth-order valence-corrected chi connectivity index (χ4v) is 3.03. The van der Waals surface area contributed by atoms with Crippen LogP contribution in [0.3, 0.4) is 0 Å². The maximum atomic E-state index is 6.18. The van der Waals surface area contributed by atoms with Gasteiger partial charge in [0.15, 0.2) is 0 Å². The normalized spacial score (nSPS) is 13.4. The molecule has 0 aliphatic carbocycles. The summed E-state index contributed by atoms with van der Waals surface area (Å²) in [5, 5.41) is 1.12. The van der Waals surface area contributed by atoms with Crippen LogP contribution in [0.5, 0.6) is 0 Å². The van der Waals surface area contributed by atoms with Crippen molar-refractivity contribution >= 4 is 27.9 Å². The maximum Gasteiger partial charge on any atom is 0.201 e. The summed E-state index contributed by atoms with van der Waals surface area (Å²) in [6, 6.07) is 8.51. The number of pyridine rings is 1. The molecule has 2 heterocycles. The molecule has 4 nitrogen and oxygen atoms in total. The second-order valence-corrected chi connectivity index (χ2v) is 5.57. The molecule has 0 amide bonds. The van der Waals surface area contributed by atoms with Gasteiger partial charge in [-0.15, -0.1) is 0 Å². The molecule has 0 saturated carbocycles. The predicted molar refractivity (Wildman–Crippen MR) is 83.6 cm³/mol. The minimum atomic E-state index is 0.353. The number of fused-ring (bicyclic) bond motifs is 3. The molecule has 20 heavy (non-hydrogen) atoms. The quantitative estimate of drug-likeness (QED) is 0.786. The van der Waals surface area contributed by atoms with E-state index in [-0.39, 0.29) is 0 Å². The lowest BCUT2D eigenvalue weighted by atomic mass is 10.0. The lowest BCUT2D eigenvalue weighted by Crippen LogP contribution is -2.16. The minimum Gasteiger partial charge on any atom is -0.369 e. The standard InChI is InChI=1S/C16H20N4/c1-4-14(10(2)3)20-15-11-7-5-6-8-12(11)18-9-13(15)19-16(20)17/h5-10,14H,4H2,1-3H3,(H2,17,19). The molecule has 0 spiro atoms. The van der Waals surface area contributed by atoms with Gasteiger partial charge < -0.3 is 10.3 Å². The molecule has 4 heteroatoms. The first kappa shape index (κ1) is 12.9. The average Bonchev–Trinajstić information content (AvgIpc) is 2.76. The summed E-state index contributed by atoms with van der Waals surface area (Å²) in [4.78, 5) is 8.96. The molecule has 0 saturated heterocycles. The number of para-hydroxylation sites is 1. The fraction of sp³-hybridized carbons (Fsp3) is 0.375. The summed E-state index contributed by atoms with van der Waals surface area (Å²) in [5.74, 6) is 1.09. The highest BCUT2D eigenvalue weighted by atomic mass is 15.2. The Balaban J connectivity index is 2.41. The topological polar surface area (TPSA) is 56.7 Å². The van der Waals surface area contributed by atoms with Gasteiger partial charge in [-0.2, -0.15) is 0 Å². The number of nitrogens with two attached hydrogens (primary N) is 1. The summed E-state index contributed by atoms with van der Waals surface area (Å²) in [5.41, 5.74) is 9.15. The Labute approximate surface area is 118 Å². The monoisotopic (exact) mass is 268 g/mol. The first-order valence-corrected chi connectivity index (χ1v) is 7.14. The predicted octanol–water partition coefficient (Wildman–Crippen LogP) is 3.77. The van der Waals surface area contributed by atoms with Gasteiger partial charge in [-0.25, -0.2) is 4.98 Å². The van der Waals surface area contributed by atoms with Gasteiger partial charge in [-0.1, -0.05) is 39.0 Å². The van der Waals surface area contributed by atoms with Crippen LogP contribution < -0.4 is 5.73 Å². The molecule has 0 bridgehead atoms. The van der Waals surface area contributed by atoms with Crippen LogP contribution in [-0.2, 0) is 0 Å². The summed E-state index contributed by atoms with van der Waals surface area (Å²) < 4.78 is 2.18. The smallest absolute Gasteiger partial charge is 0.201 e. The van der Waals surface area contributed by atoms with E-state index in [0.717, 1.165) is 28.4 Å². The number of nitrogens with zero attached hydrogens (tertiary/aromatic N) is 3. The van der Waals surface area contributed by atoms with Crippen LogP contribution in [0.4, 0.5) is 5.95 Å². The van der Waals surface area contributed by atoms with E-state index in [1.165, 1.54) is 0 Å². The molecule has 3 rings (SSSR count). The van der Waals surface area contributed by atoms with Crippen LogP contribution in [0.2, 0.25) is 0 Å². The van der Waals surface area contributed by atoms with Gasteiger partial charge in [0.1, 0.15) is 5.52 Å². The highest BCUT2D eigenvalue weighted by Gasteiger charge is 2.21. The van der Waals surface area contributed by atoms with Crippen molar-refractivity contribution in [1.29, 1.82) is 0 Å². The zero-order chi connectivity index (χ0) is 14.3. The SMILES string of the molecule is CCC(C(C)C)n1c(N)nc2cnc3ccccc3c21. The lowest BCUT2D eigenvalue weighted by Gasteiger charge is -2.23. The number of rotatable bonds is 3. The van der Waals surface area contributed by atoms with E-state index < -0.39 is 0 Å². The molecule has 0 aliphatic heterocycles. The van der Waals surface area contributed by atoms with Gasteiger partial charge in [0, 0.05) is 11.4 Å². The van der Waals surface area contributed by atoms with Crippen molar-refractivity contribution in [3.05, 3.63) is 30.5 Å². The van der Waals surface area contributed by atoms with Crippen LogP contribution in [0.1, 0.15) is 33.2 Å². The summed E-state index contributed by atoms with van der Waals surface area (Å²) in [7, 11) is 0. The zero-order valence-corrected chi connectivity index (χ0v) is 12.2. The molecule has 1 aromatic carbocycles. The van der Waals surface area contributed by atoms with E-state index in [1.807, 2.05) is 24.4 Å². The number of nitrogen functional groups attached to an aromatic ring is 1. The molecule has 3 aromatic rings. The summed E-state index contributed by atoms with van der Waals surface area (Å²) >= 11 is 0. The van der Waals surface area contributed by atoms with Crippen LogP contribution in [-0.4, -0.2) is 14.5 Å². The van der Waals surface area contributed by atoms with Crippen LogP contribution in [0.25, 0.3) is 21.9 Å². The Morgan fingerprint density at radius 2 is 1.95 bits per heavy atom. The average molecular weight is 268 g/mol. The highest BCUT2D eigenvalue weighted by Crippen LogP contribution is 2.32. The van der Waals surface area contributed by atoms with Crippen molar-refractivity contribution in [2.75, 3.05) is 5.73 Å². The zero-order valence-electron chi connectivity index (χ0n) is 12.2. The van der Waals surface area contributed by atoms with Gasteiger partial charge in [0.25, 0.3) is 0 Å². The van der Waals surface area contributed by atoms with Crippen molar-refractivity contribution in [2.24, 2.45) is 5.92 Å². The molecular weight excluding hydrogens is 248 g/mol. The molecule has 0 fully saturated rings. The Morgan fingerprint density at radius 3 is 2.65 bits per heavy atom. The first-order valence-electron chi connectivity index (χ1n) is 7.14. The number of benzene rings is 1. The number of aromatic nitrogens is 3. The van der Waals surface area contributed by atoms with Gasteiger partial charge in [0.2, 0.25) is 5.95 Å². The molecule has 1 atom stereocenters. The summed E-state index contributed by atoms with van der Waals surface area (Å²) in [6.07, 6.45) is 2.85. The van der Waals surface area contributed by atoms with Crippen LogP contribution in [0, 0.1) is 5.92 Å². The van der Waals surface area contributed by atoms with Crippen molar-refractivity contribution in [2.45, 2.75) is 33.2 Å². The first-order chi connectivity index (χ1) is 9.63. The third-order valence-electron chi connectivity index (χ3n) is 3.97. The van der Waals surface area contributed by atoms with Crippen LogP contribution in [0.15, 0.2) is 30.5 Å². The van der Waals surface area contributed by atoms with E-state index in [1.54, 1.807) is 0 Å². The van der Waals surface area contributed by atoms with E-state index in [0.29, 0.717) is 17.9 Å². The van der Waals surface area contributed by atoms with Crippen molar-refractivity contribution in [1.82, 2.24) is 14.5 Å². The van der Waals surface area contributed by atoms with Gasteiger partial charge >= 0.3 is 0 Å². The number of hydrogen-bond acceptors (Lipinski definition) is 3. The number of imidazole rings is 1. The number of anilines is 1. The van der Waals surface area contributed by atoms with Crippen molar-refractivity contribution < 1.29 is 0 Å². The maximum absolute atomic E-state index is 6.18. The third-order valence-corrected chi connectivity index (χ3v) is 3.97. The van der Waals surface area contributed by atoms with Crippen LogP contribution >= 0.6 is 0 Å². The van der Waals surface area contributed by atoms with E-state index >= 15 is 0 Å². The highest BCUT2D eigenvalue weighted by molar-refractivity contribution is 6.03. The summed E-state index contributed by atoms with van der Waals surface area (Å²) in [6.45, 7) is 6.64. The van der Waals surface area contributed by atoms with E-state index in [9.17, 15) is 0 Å². The molecule has 104 valence electrons. The van der Waals surface area contributed by atoms with E-state index in [2.05, 4.69) is 41.4 Å². The van der Waals surface area contributed by atoms with Crippen molar-refractivity contribution in [3.8, 4) is 0 Å². The van der Waals surface area contributed by atoms with Gasteiger partial charge in [-0.3, -0.25) is 4.98 Å². The second-order valence-electron chi connectivity index (χ2n) is 5.57. The van der Waals surface area contributed by atoms with E-state index in [4.69, 9.17) is 5.73 Å². The van der Waals surface area contributed by atoms with Crippen molar-refractivity contribution in [3.63, 3.8) is 0 Å². The minimum absolute atomic E-state index is 0.353. The molecule has 0 radical (unpaired) electrons. The molecule has 2 N–H and O–H groups in total. The fourth-order valence-electron chi connectivity index (χ4n) is 3.03. The Kier molecular flexibility index (Phi) is 3.08. The number of hydrogen-bond donors (Lipinski definition) is 1.